The second-order valence-electron chi connectivity index (χ2n) is 10.9. The Morgan fingerprint density at radius 2 is 1.79 bits per heavy atom. The topological polar surface area (TPSA) is 49.7 Å². The van der Waals surface area contributed by atoms with Crippen molar-refractivity contribution in [1.29, 1.82) is 0 Å². The van der Waals surface area contributed by atoms with Crippen LogP contribution in [0.2, 0.25) is 0 Å². The van der Waals surface area contributed by atoms with E-state index in [-0.39, 0.29) is 35.4 Å². The minimum absolute atomic E-state index is 0.0310. The van der Waals surface area contributed by atoms with E-state index in [2.05, 4.69) is 19.9 Å². The highest BCUT2D eigenvalue weighted by atomic mass is 19.3. The molecular formula is C28H50F2O3. The zero-order valence-electron chi connectivity index (χ0n) is 22.2. The number of rotatable bonds is 5. The van der Waals surface area contributed by atoms with Crippen LogP contribution < -0.4 is 0 Å². The Balaban J connectivity index is 0.000000914. The maximum atomic E-state index is 13.7. The van der Waals surface area contributed by atoms with Crippen LogP contribution in [-0.2, 0) is 4.74 Å². The van der Waals surface area contributed by atoms with Crippen molar-refractivity contribution in [2.45, 2.75) is 117 Å². The van der Waals surface area contributed by atoms with E-state index < -0.39 is 12.5 Å². The third kappa shape index (κ3) is 5.35. The first kappa shape index (κ1) is 28.7. The molecule has 8 unspecified atom stereocenters. The first-order valence-electron chi connectivity index (χ1n) is 13.5. The fraction of sp³-hybridized carbons (Fsp3) is 0.929. The van der Waals surface area contributed by atoms with Gasteiger partial charge in [0, 0.05) is 13.5 Å². The molecule has 194 valence electrons. The summed E-state index contributed by atoms with van der Waals surface area (Å²) in [7, 11) is 1.81. The molecule has 0 spiro atoms. The number of fused-ring (bicyclic) bond motifs is 5. The molecule has 8 atom stereocenters. The van der Waals surface area contributed by atoms with Gasteiger partial charge >= 0.3 is 0 Å². The number of hydrogen-bond donors (Lipinski definition) is 2. The van der Waals surface area contributed by atoms with Crippen molar-refractivity contribution < 1.29 is 23.7 Å². The monoisotopic (exact) mass is 472 g/mol. The molecule has 4 aliphatic carbocycles. The second-order valence-corrected chi connectivity index (χ2v) is 10.9. The van der Waals surface area contributed by atoms with Gasteiger partial charge in [0.05, 0.1) is 12.2 Å². The Morgan fingerprint density at radius 1 is 1.12 bits per heavy atom. The van der Waals surface area contributed by atoms with Gasteiger partial charge < -0.3 is 14.9 Å². The summed E-state index contributed by atoms with van der Waals surface area (Å²) in [6, 6.07) is 0. The maximum Gasteiger partial charge on any atom is 0.270 e. The van der Waals surface area contributed by atoms with Crippen molar-refractivity contribution in [3.05, 3.63) is 11.6 Å². The van der Waals surface area contributed by atoms with Crippen LogP contribution in [0.4, 0.5) is 8.78 Å². The van der Waals surface area contributed by atoms with Crippen molar-refractivity contribution in [2.75, 3.05) is 13.7 Å². The molecule has 0 aromatic heterocycles. The first-order chi connectivity index (χ1) is 15.6. The molecule has 2 N–H and O–H groups in total. The summed E-state index contributed by atoms with van der Waals surface area (Å²) in [5, 5.41) is 19.2. The fourth-order valence-electron chi connectivity index (χ4n) is 8.00. The maximum absolute atomic E-state index is 13.7. The number of methoxy groups -OCH3 is 1. The van der Waals surface area contributed by atoms with Crippen molar-refractivity contribution >= 4 is 0 Å². The Kier molecular flexibility index (Phi) is 9.99. The van der Waals surface area contributed by atoms with E-state index in [1.807, 2.05) is 34.8 Å². The van der Waals surface area contributed by atoms with Crippen LogP contribution >= 0.6 is 0 Å². The number of aliphatic hydroxyl groups excluding tert-OH is 2. The number of aliphatic hydroxyl groups is 2. The fourth-order valence-corrected chi connectivity index (χ4v) is 8.00. The molecule has 0 amide bonds. The molecule has 3 fully saturated rings. The van der Waals surface area contributed by atoms with Gasteiger partial charge in [-0.3, -0.25) is 0 Å². The lowest BCUT2D eigenvalue weighted by atomic mass is 9.46. The molecule has 4 aliphatic rings. The van der Waals surface area contributed by atoms with Gasteiger partial charge in [-0.2, -0.15) is 0 Å². The molecule has 4 rings (SSSR count). The van der Waals surface area contributed by atoms with Gasteiger partial charge in [0.15, 0.2) is 0 Å². The van der Waals surface area contributed by atoms with E-state index in [0.29, 0.717) is 24.2 Å². The predicted molar refractivity (Wildman–Crippen MR) is 131 cm³/mol. The lowest BCUT2D eigenvalue weighted by Crippen LogP contribution is -2.56. The third-order valence-electron chi connectivity index (χ3n) is 9.58. The minimum Gasteiger partial charge on any atom is -0.393 e. The van der Waals surface area contributed by atoms with Crippen molar-refractivity contribution in [1.82, 2.24) is 0 Å². The zero-order chi connectivity index (χ0) is 25.0. The van der Waals surface area contributed by atoms with Crippen LogP contribution in [0.25, 0.3) is 0 Å². The molecule has 0 radical (unpaired) electrons. The number of ether oxygens (including phenoxy) is 1. The van der Waals surface area contributed by atoms with E-state index in [0.717, 1.165) is 44.9 Å². The standard InChI is InChI=1S/C24H38F2O3.2C2H6/c1-22-10-9-17(28)12-16(22)4-6-18-19-7-5-15(8-11-24(25,26)14-27)23(19,2)13-20(29-3)21(18)22;2*1-2/h4,15,17-21,27-28H,5-14H2,1-3H3;2*1-2H3. The first-order valence-corrected chi connectivity index (χ1v) is 13.5. The second kappa shape index (κ2) is 11.5. The Bertz CT molecular complexity index is 651. The summed E-state index contributed by atoms with van der Waals surface area (Å²) in [5.74, 6) is -1.16. The summed E-state index contributed by atoms with van der Waals surface area (Å²) in [6.45, 7) is 11.6. The molecule has 0 aromatic carbocycles. The summed E-state index contributed by atoms with van der Waals surface area (Å²) >= 11 is 0. The van der Waals surface area contributed by atoms with Crippen LogP contribution in [0, 0.1) is 34.5 Å². The molecule has 0 bridgehead atoms. The van der Waals surface area contributed by atoms with Crippen LogP contribution in [0.3, 0.4) is 0 Å². The van der Waals surface area contributed by atoms with Gasteiger partial charge in [-0.15, -0.1) is 0 Å². The zero-order valence-corrected chi connectivity index (χ0v) is 22.2. The quantitative estimate of drug-likeness (QED) is 0.423. The Labute approximate surface area is 201 Å². The predicted octanol–water partition coefficient (Wildman–Crippen LogP) is 7.01. The minimum atomic E-state index is -2.97. The lowest BCUT2D eigenvalue weighted by Gasteiger charge is -2.60. The van der Waals surface area contributed by atoms with E-state index in [9.17, 15) is 13.9 Å². The SMILES string of the molecule is CC.CC.COC1CC2(C)C(CCC(F)(F)CO)CCC2C2CC=C3CC(O)CCC3(C)C12. The van der Waals surface area contributed by atoms with Crippen molar-refractivity contribution in [3.63, 3.8) is 0 Å². The molecule has 3 nitrogen and oxygen atoms in total. The van der Waals surface area contributed by atoms with Gasteiger partial charge in [-0.1, -0.05) is 53.2 Å². The number of allylic oxidation sites excluding steroid dienone is 1. The normalized spacial score (nSPS) is 41.8. The summed E-state index contributed by atoms with van der Waals surface area (Å²) < 4.78 is 33.6. The van der Waals surface area contributed by atoms with Crippen LogP contribution in [0.5, 0.6) is 0 Å². The average molecular weight is 473 g/mol. The summed E-state index contributed by atoms with van der Waals surface area (Å²) in [6.07, 6.45) is 9.34. The highest BCUT2D eigenvalue weighted by molar-refractivity contribution is 5.26. The number of halogens is 2. The summed E-state index contributed by atoms with van der Waals surface area (Å²) in [5.41, 5.74) is 1.54. The van der Waals surface area contributed by atoms with E-state index in [1.54, 1.807) is 0 Å². The molecule has 5 heteroatoms. The molecule has 0 heterocycles. The van der Waals surface area contributed by atoms with Gasteiger partial charge in [-0.05, 0) is 85.9 Å². The summed E-state index contributed by atoms with van der Waals surface area (Å²) in [4.78, 5) is 0. The molecule has 0 aromatic rings. The van der Waals surface area contributed by atoms with Crippen LogP contribution in [-0.4, -0.2) is 42.1 Å². The lowest BCUT2D eigenvalue weighted by molar-refractivity contribution is -0.140. The smallest absolute Gasteiger partial charge is 0.270 e. The number of alkyl halides is 2. The van der Waals surface area contributed by atoms with E-state index in [1.165, 1.54) is 5.57 Å². The largest absolute Gasteiger partial charge is 0.393 e. The van der Waals surface area contributed by atoms with E-state index >= 15 is 0 Å². The molecule has 0 aliphatic heterocycles. The Hall–Kier alpha value is -0.520. The number of hydrogen-bond acceptors (Lipinski definition) is 3. The van der Waals surface area contributed by atoms with Gasteiger partial charge in [0.1, 0.15) is 6.61 Å². The molecular weight excluding hydrogens is 422 g/mol. The van der Waals surface area contributed by atoms with Gasteiger partial charge in [0.25, 0.3) is 5.92 Å². The van der Waals surface area contributed by atoms with Crippen molar-refractivity contribution in [3.8, 4) is 0 Å². The highest BCUT2D eigenvalue weighted by Crippen LogP contribution is 2.67. The third-order valence-corrected chi connectivity index (χ3v) is 9.58. The van der Waals surface area contributed by atoms with Crippen LogP contribution in [0.15, 0.2) is 11.6 Å². The van der Waals surface area contributed by atoms with Gasteiger partial charge in [-0.25, -0.2) is 8.78 Å². The van der Waals surface area contributed by atoms with E-state index in [4.69, 9.17) is 9.84 Å². The molecule has 3 saturated carbocycles. The van der Waals surface area contributed by atoms with Crippen molar-refractivity contribution in [2.24, 2.45) is 34.5 Å². The Morgan fingerprint density at radius 3 is 2.39 bits per heavy atom. The molecule has 33 heavy (non-hydrogen) atoms. The highest BCUT2D eigenvalue weighted by Gasteiger charge is 2.61. The van der Waals surface area contributed by atoms with Gasteiger partial charge in [0.2, 0.25) is 0 Å². The average Bonchev–Trinajstić information content (AvgIpc) is 3.16. The van der Waals surface area contributed by atoms with Crippen LogP contribution in [0.1, 0.15) is 99.3 Å². The molecule has 0 saturated heterocycles.